The van der Waals surface area contributed by atoms with E-state index in [9.17, 15) is 18.0 Å². The van der Waals surface area contributed by atoms with Gasteiger partial charge in [-0.25, -0.2) is 13.2 Å². The van der Waals surface area contributed by atoms with Gasteiger partial charge in [0.15, 0.2) is 5.58 Å². The molecule has 1 aromatic heterocycles. The Kier molecular flexibility index (Phi) is 6.24. The van der Waals surface area contributed by atoms with Crippen LogP contribution in [0, 0.1) is 23.7 Å². The number of amides is 1. The monoisotopic (exact) mass is 463 g/mol. The van der Waals surface area contributed by atoms with Crippen molar-refractivity contribution in [1.29, 1.82) is 0 Å². The van der Waals surface area contributed by atoms with Crippen molar-refractivity contribution in [3.8, 4) is 0 Å². The van der Waals surface area contributed by atoms with E-state index >= 15 is 0 Å². The summed E-state index contributed by atoms with van der Waals surface area (Å²) in [7, 11) is -3.69. The number of benzene rings is 1. The molecule has 0 aliphatic carbocycles. The number of carbonyl (C=O) groups excluding carboxylic acids is 1. The Bertz CT molecular complexity index is 1150. The molecule has 9 heteroatoms. The first-order valence-electron chi connectivity index (χ1n) is 11.5. The number of likely N-dealkylation sites (tertiary alicyclic amines) is 1. The molecule has 3 heterocycles. The van der Waals surface area contributed by atoms with Crippen LogP contribution in [-0.4, -0.2) is 54.3 Å². The lowest BCUT2D eigenvalue weighted by molar-refractivity contribution is -0.134. The number of oxazole rings is 1. The second-order valence-corrected chi connectivity index (χ2v) is 12.0. The molecule has 0 radical (unpaired) electrons. The Morgan fingerprint density at radius 3 is 2.12 bits per heavy atom. The number of piperidine rings is 2. The van der Waals surface area contributed by atoms with E-state index in [4.69, 9.17) is 4.42 Å². The molecule has 0 spiro atoms. The van der Waals surface area contributed by atoms with Gasteiger partial charge in [-0.1, -0.05) is 27.7 Å². The van der Waals surface area contributed by atoms with Gasteiger partial charge in [0, 0.05) is 32.2 Å². The maximum absolute atomic E-state index is 13.2. The van der Waals surface area contributed by atoms with E-state index in [1.54, 1.807) is 6.07 Å². The second kappa shape index (κ2) is 8.67. The molecule has 4 atom stereocenters. The lowest BCUT2D eigenvalue weighted by atomic mass is 9.92. The number of hydrogen-bond donors (Lipinski definition) is 0. The maximum Gasteiger partial charge on any atom is 0.420 e. The lowest BCUT2D eigenvalue weighted by Crippen LogP contribution is -2.44. The highest BCUT2D eigenvalue weighted by atomic mass is 32.2. The third-order valence-corrected chi connectivity index (χ3v) is 8.46. The van der Waals surface area contributed by atoms with Gasteiger partial charge < -0.3 is 9.32 Å². The topological polar surface area (TPSA) is 92.8 Å². The Labute approximate surface area is 189 Å². The Morgan fingerprint density at radius 2 is 1.53 bits per heavy atom. The zero-order valence-corrected chi connectivity index (χ0v) is 20.1. The van der Waals surface area contributed by atoms with Crippen LogP contribution in [0.4, 0.5) is 0 Å². The van der Waals surface area contributed by atoms with Crippen molar-refractivity contribution >= 4 is 27.0 Å². The molecule has 8 nitrogen and oxygen atoms in total. The molecule has 2 aliphatic heterocycles. The van der Waals surface area contributed by atoms with Gasteiger partial charge in [0.1, 0.15) is 6.54 Å². The average Bonchev–Trinajstić information content (AvgIpc) is 3.01. The summed E-state index contributed by atoms with van der Waals surface area (Å²) in [5.74, 6) is 0.662. The molecule has 1 aromatic carbocycles. The number of sulfonamides is 1. The summed E-state index contributed by atoms with van der Waals surface area (Å²) in [6.07, 6.45) is 2.09. The zero-order valence-electron chi connectivity index (χ0n) is 19.3. The molecule has 0 unspecified atom stereocenters. The number of fused-ring (bicyclic) bond motifs is 1. The molecule has 2 aromatic rings. The van der Waals surface area contributed by atoms with Gasteiger partial charge in [-0.15, -0.1) is 0 Å². The SMILES string of the molecule is C[C@@H]1C[C@H](C)CN(S(=O)(=O)c2ccc3c(c2)oc(=O)n3CC(=O)N2C[C@@H](C)C[C@H](C)C2)C1. The van der Waals surface area contributed by atoms with Crippen molar-refractivity contribution in [2.24, 2.45) is 23.7 Å². The van der Waals surface area contributed by atoms with Crippen molar-refractivity contribution in [3.63, 3.8) is 0 Å². The lowest BCUT2D eigenvalue weighted by Gasteiger charge is -2.35. The fourth-order valence-corrected chi connectivity index (χ4v) is 7.11. The summed E-state index contributed by atoms with van der Waals surface area (Å²) < 4.78 is 34.6. The standard InChI is InChI=1S/C23H33N3O5S/c1-15-7-16(2)11-24(10-15)22(27)14-26-20-6-5-19(9-21(20)31-23(26)28)32(29,30)25-12-17(3)8-18(4)13-25/h5-6,9,15-18H,7-8,10-14H2,1-4H3/t15-,16-,17-,18+/m0/s1. The van der Waals surface area contributed by atoms with Crippen molar-refractivity contribution in [1.82, 2.24) is 13.8 Å². The first-order valence-corrected chi connectivity index (χ1v) is 12.9. The van der Waals surface area contributed by atoms with Crippen LogP contribution in [0.15, 0.2) is 32.3 Å². The number of aromatic nitrogens is 1. The molecular weight excluding hydrogens is 430 g/mol. The van der Waals surface area contributed by atoms with E-state index in [1.165, 1.54) is 21.0 Å². The van der Waals surface area contributed by atoms with E-state index in [1.807, 2.05) is 4.90 Å². The maximum atomic E-state index is 13.2. The molecule has 2 aliphatic rings. The molecule has 0 saturated carbocycles. The van der Waals surface area contributed by atoms with Gasteiger partial charge in [-0.05, 0) is 48.6 Å². The minimum absolute atomic E-state index is 0.109. The summed E-state index contributed by atoms with van der Waals surface area (Å²) in [6, 6.07) is 4.48. The zero-order chi connectivity index (χ0) is 23.2. The van der Waals surface area contributed by atoms with Crippen LogP contribution in [0.5, 0.6) is 0 Å². The van der Waals surface area contributed by atoms with Crippen molar-refractivity contribution in [2.45, 2.75) is 52.0 Å². The molecule has 4 rings (SSSR count). The molecule has 1 amide bonds. The predicted molar refractivity (Wildman–Crippen MR) is 122 cm³/mol. The number of carbonyl (C=O) groups is 1. The van der Waals surface area contributed by atoms with E-state index in [2.05, 4.69) is 27.7 Å². The van der Waals surface area contributed by atoms with Crippen LogP contribution in [0.2, 0.25) is 0 Å². The quantitative estimate of drug-likeness (QED) is 0.695. The highest BCUT2D eigenvalue weighted by Crippen LogP contribution is 2.28. The van der Waals surface area contributed by atoms with Crippen LogP contribution in [-0.2, 0) is 21.4 Å². The van der Waals surface area contributed by atoms with E-state index in [0.29, 0.717) is 55.4 Å². The highest BCUT2D eigenvalue weighted by molar-refractivity contribution is 7.89. The van der Waals surface area contributed by atoms with Gasteiger partial charge in [0.2, 0.25) is 15.9 Å². The first-order chi connectivity index (χ1) is 15.0. The summed E-state index contributed by atoms with van der Waals surface area (Å²) in [6.45, 7) is 10.6. The number of rotatable bonds is 4. The summed E-state index contributed by atoms with van der Waals surface area (Å²) in [5.41, 5.74) is 0.614. The van der Waals surface area contributed by atoms with E-state index < -0.39 is 15.8 Å². The summed E-state index contributed by atoms with van der Waals surface area (Å²) in [4.78, 5) is 27.3. The highest BCUT2D eigenvalue weighted by Gasteiger charge is 2.32. The first kappa shape index (κ1) is 23.0. The molecule has 2 fully saturated rings. The molecule has 32 heavy (non-hydrogen) atoms. The predicted octanol–water partition coefficient (Wildman–Crippen LogP) is 2.77. The summed E-state index contributed by atoms with van der Waals surface area (Å²) in [5, 5.41) is 0. The summed E-state index contributed by atoms with van der Waals surface area (Å²) >= 11 is 0. The van der Waals surface area contributed by atoms with Gasteiger partial charge >= 0.3 is 5.76 Å². The molecule has 2 saturated heterocycles. The fourth-order valence-electron chi connectivity index (χ4n) is 5.41. The van der Waals surface area contributed by atoms with Gasteiger partial charge in [0.05, 0.1) is 10.4 Å². The Balaban J connectivity index is 1.59. The van der Waals surface area contributed by atoms with Gasteiger partial charge in [0.25, 0.3) is 0 Å². The Hall–Kier alpha value is -2.13. The second-order valence-electron chi connectivity index (χ2n) is 10.1. The van der Waals surface area contributed by atoms with Gasteiger partial charge in [-0.3, -0.25) is 9.36 Å². The normalized spacial score (nSPS) is 27.7. The largest absolute Gasteiger partial charge is 0.420 e. The third kappa shape index (κ3) is 4.50. The van der Waals surface area contributed by atoms with Gasteiger partial charge in [-0.2, -0.15) is 4.31 Å². The van der Waals surface area contributed by atoms with Crippen LogP contribution in [0.3, 0.4) is 0 Å². The van der Waals surface area contributed by atoms with Crippen LogP contribution < -0.4 is 5.76 Å². The van der Waals surface area contributed by atoms with Crippen LogP contribution in [0.25, 0.3) is 11.1 Å². The molecule has 0 N–H and O–H groups in total. The minimum Gasteiger partial charge on any atom is -0.408 e. The van der Waals surface area contributed by atoms with Crippen molar-refractivity contribution < 1.29 is 17.6 Å². The third-order valence-electron chi connectivity index (χ3n) is 6.63. The smallest absolute Gasteiger partial charge is 0.408 e. The van der Waals surface area contributed by atoms with Crippen LogP contribution >= 0.6 is 0 Å². The molecule has 176 valence electrons. The fraction of sp³-hybridized carbons (Fsp3) is 0.652. The number of nitrogens with zero attached hydrogens (tertiary/aromatic N) is 3. The Morgan fingerprint density at radius 1 is 0.969 bits per heavy atom. The van der Waals surface area contributed by atoms with Crippen LogP contribution in [0.1, 0.15) is 40.5 Å². The minimum atomic E-state index is -3.69. The van der Waals surface area contributed by atoms with Crippen molar-refractivity contribution in [3.05, 3.63) is 28.7 Å². The molecule has 0 bridgehead atoms. The average molecular weight is 464 g/mol. The number of hydrogen-bond acceptors (Lipinski definition) is 5. The van der Waals surface area contributed by atoms with E-state index in [-0.39, 0.29) is 22.9 Å². The molecular formula is C23H33N3O5S. The van der Waals surface area contributed by atoms with Crippen molar-refractivity contribution in [2.75, 3.05) is 26.2 Å². The van der Waals surface area contributed by atoms with E-state index in [0.717, 1.165) is 12.8 Å².